The van der Waals surface area contributed by atoms with Gasteiger partial charge in [-0.15, -0.1) is 10.2 Å². The minimum Gasteiger partial charge on any atom is -0.469 e. The molecule has 1 aliphatic heterocycles. The lowest BCUT2D eigenvalue weighted by Crippen LogP contribution is -2.38. The van der Waals surface area contributed by atoms with Crippen molar-refractivity contribution in [2.75, 3.05) is 25.0 Å². The van der Waals surface area contributed by atoms with Gasteiger partial charge in [-0.05, 0) is 44.4 Å². The van der Waals surface area contributed by atoms with Gasteiger partial charge in [-0.25, -0.2) is 0 Å². The minimum absolute atomic E-state index is 0.557. The van der Waals surface area contributed by atoms with E-state index < -0.39 is 0 Å². The SMILES string of the molecule is CCOc1nnc(CN2CCC(Nc3cccc(C)c3)CC2)s1. The van der Waals surface area contributed by atoms with Crippen LogP contribution < -0.4 is 10.1 Å². The molecular formula is C17H24N4OS. The first-order valence-electron chi connectivity index (χ1n) is 8.23. The molecule has 0 radical (unpaired) electrons. The number of anilines is 1. The molecule has 3 rings (SSSR count). The van der Waals surface area contributed by atoms with Crippen molar-refractivity contribution in [1.29, 1.82) is 0 Å². The number of aryl methyl sites for hydroxylation is 1. The third-order valence-corrected chi connectivity index (χ3v) is 4.87. The van der Waals surface area contributed by atoms with Gasteiger partial charge in [-0.2, -0.15) is 0 Å². The van der Waals surface area contributed by atoms with Crippen LogP contribution in [0.2, 0.25) is 0 Å². The summed E-state index contributed by atoms with van der Waals surface area (Å²) < 4.78 is 5.39. The van der Waals surface area contributed by atoms with E-state index in [4.69, 9.17) is 4.74 Å². The second-order valence-corrected chi connectivity index (χ2v) is 6.98. The van der Waals surface area contributed by atoms with Crippen molar-refractivity contribution in [2.24, 2.45) is 0 Å². The molecule has 23 heavy (non-hydrogen) atoms. The topological polar surface area (TPSA) is 50.3 Å². The smallest absolute Gasteiger partial charge is 0.294 e. The van der Waals surface area contributed by atoms with Crippen LogP contribution >= 0.6 is 11.3 Å². The molecule has 0 amide bonds. The molecule has 1 fully saturated rings. The van der Waals surface area contributed by atoms with Gasteiger partial charge in [0.2, 0.25) is 0 Å². The molecule has 1 N–H and O–H groups in total. The Labute approximate surface area is 141 Å². The van der Waals surface area contributed by atoms with E-state index in [0.29, 0.717) is 17.8 Å². The summed E-state index contributed by atoms with van der Waals surface area (Å²) >= 11 is 1.55. The van der Waals surface area contributed by atoms with Crippen molar-refractivity contribution >= 4 is 17.0 Å². The number of aromatic nitrogens is 2. The maximum Gasteiger partial charge on any atom is 0.294 e. The standard InChI is InChI=1S/C17H24N4OS/c1-3-22-17-20-19-16(23-17)12-21-9-7-14(8-10-21)18-15-6-4-5-13(2)11-15/h4-6,11,14,18H,3,7-10,12H2,1-2H3. The highest BCUT2D eigenvalue weighted by atomic mass is 32.1. The van der Waals surface area contributed by atoms with Crippen LogP contribution in [0.4, 0.5) is 5.69 Å². The van der Waals surface area contributed by atoms with Crippen LogP contribution in [0.3, 0.4) is 0 Å². The van der Waals surface area contributed by atoms with E-state index in [-0.39, 0.29) is 0 Å². The molecule has 0 aliphatic carbocycles. The Balaban J connectivity index is 1.46. The van der Waals surface area contributed by atoms with Crippen LogP contribution in [0.25, 0.3) is 0 Å². The van der Waals surface area contributed by atoms with Crippen molar-refractivity contribution in [1.82, 2.24) is 15.1 Å². The maximum absolute atomic E-state index is 5.39. The Hall–Kier alpha value is -1.66. The molecule has 1 aromatic heterocycles. The number of hydrogen-bond donors (Lipinski definition) is 1. The van der Waals surface area contributed by atoms with E-state index in [1.165, 1.54) is 11.3 Å². The number of ether oxygens (including phenoxy) is 1. The zero-order valence-corrected chi connectivity index (χ0v) is 14.6. The number of nitrogens with one attached hydrogen (secondary N) is 1. The molecule has 0 bridgehead atoms. The van der Waals surface area contributed by atoms with Gasteiger partial charge >= 0.3 is 0 Å². The highest BCUT2D eigenvalue weighted by Crippen LogP contribution is 2.22. The van der Waals surface area contributed by atoms with Crippen molar-refractivity contribution in [3.63, 3.8) is 0 Å². The fraction of sp³-hybridized carbons (Fsp3) is 0.529. The lowest BCUT2D eigenvalue weighted by molar-refractivity contribution is 0.210. The zero-order valence-electron chi connectivity index (χ0n) is 13.8. The number of benzene rings is 1. The van der Waals surface area contributed by atoms with E-state index in [1.54, 1.807) is 11.3 Å². The fourth-order valence-electron chi connectivity index (χ4n) is 2.88. The lowest BCUT2D eigenvalue weighted by Gasteiger charge is -2.32. The maximum atomic E-state index is 5.39. The average molecular weight is 332 g/mol. The first kappa shape index (κ1) is 16.2. The summed E-state index contributed by atoms with van der Waals surface area (Å²) in [5.74, 6) is 0. The predicted octanol–water partition coefficient (Wildman–Crippen LogP) is 3.32. The van der Waals surface area contributed by atoms with E-state index in [9.17, 15) is 0 Å². The zero-order chi connectivity index (χ0) is 16.1. The summed E-state index contributed by atoms with van der Waals surface area (Å²) in [5, 5.41) is 13.6. The quantitative estimate of drug-likeness (QED) is 0.879. The second-order valence-electron chi connectivity index (χ2n) is 5.96. The number of nitrogens with zero attached hydrogens (tertiary/aromatic N) is 3. The first-order chi connectivity index (χ1) is 11.2. The number of rotatable bonds is 6. The summed E-state index contributed by atoms with van der Waals surface area (Å²) in [5.41, 5.74) is 2.53. The Kier molecular flexibility index (Phi) is 5.46. The second kappa shape index (κ2) is 7.75. The molecule has 0 saturated carbocycles. The van der Waals surface area contributed by atoms with Crippen LogP contribution in [0.1, 0.15) is 30.3 Å². The molecule has 0 unspecified atom stereocenters. The van der Waals surface area contributed by atoms with Gasteiger partial charge < -0.3 is 10.1 Å². The van der Waals surface area contributed by atoms with Gasteiger partial charge in [0.05, 0.1) is 13.2 Å². The number of piperidine rings is 1. The molecule has 2 aromatic rings. The normalized spacial score (nSPS) is 16.4. The van der Waals surface area contributed by atoms with Crippen LogP contribution in [-0.4, -0.2) is 40.8 Å². The summed E-state index contributed by atoms with van der Waals surface area (Å²) in [6.07, 6.45) is 2.32. The molecule has 0 spiro atoms. The summed E-state index contributed by atoms with van der Waals surface area (Å²) in [7, 11) is 0. The van der Waals surface area contributed by atoms with Gasteiger partial charge in [0, 0.05) is 24.8 Å². The first-order valence-corrected chi connectivity index (χ1v) is 9.05. The number of likely N-dealkylation sites (tertiary alicyclic amines) is 1. The summed E-state index contributed by atoms with van der Waals surface area (Å²) in [4.78, 5) is 2.45. The van der Waals surface area contributed by atoms with Gasteiger partial charge in [-0.3, -0.25) is 4.90 Å². The van der Waals surface area contributed by atoms with E-state index >= 15 is 0 Å². The molecular weight excluding hydrogens is 308 g/mol. The van der Waals surface area contributed by atoms with E-state index in [1.807, 2.05) is 6.92 Å². The highest BCUT2D eigenvalue weighted by molar-refractivity contribution is 7.13. The molecule has 5 nitrogen and oxygen atoms in total. The largest absolute Gasteiger partial charge is 0.469 e. The van der Waals surface area contributed by atoms with Gasteiger partial charge in [0.15, 0.2) is 0 Å². The average Bonchev–Trinajstić information content (AvgIpc) is 2.97. The van der Waals surface area contributed by atoms with Crippen LogP contribution in [0.5, 0.6) is 5.19 Å². The molecule has 124 valence electrons. The Morgan fingerprint density at radius 3 is 2.87 bits per heavy atom. The highest BCUT2D eigenvalue weighted by Gasteiger charge is 2.20. The van der Waals surface area contributed by atoms with Crippen LogP contribution in [0, 0.1) is 6.92 Å². The lowest BCUT2D eigenvalue weighted by atomic mass is 10.0. The molecule has 2 heterocycles. The minimum atomic E-state index is 0.557. The van der Waals surface area contributed by atoms with Gasteiger partial charge in [0.1, 0.15) is 5.01 Å². The summed E-state index contributed by atoms with van der Waals surface area (Å²) in [6.45, 7) is 7.80. The molecule has 1 aromatic carbocycles. The monoisotopic (exact) mass is 332 g/mol. The fourth-order valence-corrected chi connectivity index (χ4v) is 3.67. The van der Waals surface area contributed by atoms with Crippen molar-refractivity contribution in [3.8, 4) is 5.19 Å². The Bertz CT molecular complexity index is 623. The summed E-state index contributed by atoms with van der Waals surface area (Å²) in [6, 6.07) is 9.16. The molecule has 1 aliphatic rings. The van der Waals surface area contributed by atoms with Gasteiger partial charge in [0.25, 0.3) is 5.19 Å². The van der Waals surface area contributed by atoms with Crippen molar-refractivity contribution in [3.05, 3.63) is 34.8 Å². The Morgan fingerprint density at radius 1 is 1.30 bits per heavy atom. The van der Waals surface area contributed by atoms with Crippen molar-refractivity contribution < 1.29 is 4.74 Å². The van der Waals surface area contributed by atoms with E-state index in [2.05, 4.69) is 51.6 Å². The van der Waals surface area contributed by atoms with Crippen LogP contribution in [0.15, 0.2) is 24.3 Å². The molecule has 6 heteroatoms. The number of hydrogen-bond acceptors (Lipinski definition) is 6. The van der Waals surface area contributed by atoms with E-state index in [0.717, 1.165) is 37.5 Å². The molecule has 1 saturated heterocycles. The van der Waals surface area contributed by atoms with Crippen LogP contribution in [-0.2, 0) is 6.54 Å². The molecule has 0 atom stereocenters. The van der Waals surface area contributed by atoms with Gasteiger partial charge in [-0.1, -0.05) is 23.5 Å². The predicted molar refractivity (Wildman–Crippen MR) is 94.2 cm³/mol. The Morgan fingerprint density at radius 2 is 2.13 bits per heavy atom. The van der Waals surface area contributed by atoms with Crippen molar-refractivity contribution in [2.45, 2.75) is 39.3 Å². The third kappa shape index (κ3) is 4.65. The third-order valence-electron chi connectivity index (χ3n) is 4.05.